The third kappa shape index (κ3) is 3.81. The molecule has 0 aliphatic rings. The average molecular weight is 154 g/mol. The molecule has 0 aliphatic carbocycles. The zero-order chi connectivity index (χ0) is 7.23. The molecular weight excluding hydrogens is 136 g/mol. The minimum absolute atomic E-state index is 0. The Morgan fingerprint density at radius 3 is 2.73 bits per heavy atom. The van der Waals surface area contributed by atoms with Crippen molar-refractivity contribution < 1.29 is 0 Å². The Hall–Kier alpha value is -0.790. The predicted molar refractivity (Wildman–Crippen MR) is 48.5 cm³/mol. The summed E-state index contributed by atoms with van der Waals surface area (Å²) in [6, 6.07) is 0. The maximum Gasteiger partial charge on any atom is 0.0945 e. The van der Waals surface area contributed by atoms with E-state index in [1.807, 2.05) is 18.7 Å². The van der Waals surface area contributed by atoms with Crippen LogP contribution in [0.25, 0.3) is 0 Å². The van der Waals surface area contributed by atoms with Gasteiger partial charge in [0.25, 0.3) is 0 Å². The van der Waals surface area contributed by atoms with Crippen molar-refractivity contribution in [1.82, 2.24) is 9.55 Å². The van der Waals surface area contributed by atoms with E-state index in [2.05, 4.69) is 16.5 Å². The van der Waals surface area contributed by atoms with Gasteiger partial charge < -0.3 is 4.57 Å². The fourth-order valence-electron chi connectivity index (χ4n) is 0.963. The van der Waals surface area contributed by atoms with Crippen molar-refractivity contribution >= 4 is 0 Å². The molecule has 0 fully saturated rings. The molecule has 0 unspecified atom stereocenters. The highest BCUT2D eigenvalue weighted by molar-refractivity contribution is 4.73. The van der Waals surface area contributed by atoms with E-state index < -0.39 is 0 Å². The maximum atomic E-state index is 3.96. The number of imidazole rings is 1. The molecule has 1 heterocycles. The number of unbranched alkanes of at least 4 members (excludes halogenated alkanes) is 2. The first-order valence-corrected chi connectivity index (χ1v) is 3.89. The molecule has 0 N–H and O–H groups in total. The van der Waals surface area contributed by atoms with Gasteiger partial charge in [0, 0.05) is 18.9 Å². The first-order chi connectivity index (χ1) is 4.93. The van der Waals surface area contributed by atoms with Gasteiger partial charge in [-0.3, -0.25) is 0 Å². The van der Waals surface area contributed by atoms with Gasteiger partial charge in [-0.1, -0.05) is 27.2 Å². The van der Waals surface area contributed by atoms with E-state index in [0.717, 1.165) is 6.54 Å². The SMILES string of the molecule is C.CCCCCn1ccnc1. The van der Waals surface area contributed by atoms with Crippen LogP contribution in [-0.4, -0.2) is 9.55 Å². The van der Waals surface area contributed by atoms with Gasteiger partial charge in [0.15, 0.2) is 0 Å². The topological polar surface area (TPSA) is 17.8 Å². The molecule has 0 bridgehead atoms. The van der Waals surface area contributed by atoms with Crippen molar-refractivity contribution in [3.8, 4) is 0 Å². The van der Waals surface area contributed by atoms with Gasteiger partial charge in [-0.25, -0.2) is 4.98 Å². The minimum Gasteiger partial charge on any atom is -0.337 e. The number of aryl methyl sites for hydroxylation is 1. The quantitative estimate of drug-likeness (QED) is 0.610. The summed E-state index contributed by atoms with van der Waals surface area (Å²) in [5, 5.41) is 0. The van der Waals surface area contributed by atoms with Gasteiger partial charge >= 0.3 is 0 Å². The molecule has 64 valence electrons. The molecule has 0 amide bonds. The van der Waals surface area contributed by atoms with Crippen LogP contribution in [0.4, 0.5) is 0 Å². The zero-order valence-electron chi connectivity index (χ0n) is 6.45. The van der Waals surface area contributed by atoms with Gasteiger partial charge in [-0.05, 0) is 6.42 Å². The highest BCUT2D eigenvalue weighted by Crippen LogP contribution is 1.97. The number of rotatable bonds is 4. The fraction of sp³-hybridized carbons (Fsp3) is 0.667. The summed E-state index contributed by atoms with van der Waals surface area (Å²) < 4.78 is 2.12. The van der Waals surface area contributed by atoms with Crippen molar-refractivity contribution in [3.63, 3.8) is 0 Å². The normalized spacial score (nSPS) is 9.18. The Bertz CT molecular complexity index is 156. The van der Waals surface area contributed by atoms with Gasteiger partial charge in [0.2, 0.25) is 0 Å². The molecule has 2 nitrogen and oxygen atoms in total. The highest BCUT2D eigenvalue weighted by Gasteiger charge is 1.87. The van der Waals surface area contributed by atoms with Crippen LogP contribution in [0, 0.1) is 0 Å². The minimum atomic E-state index is 0. The first-order valence-electron chi connectivity index (χ1n) is 3.89. The number of hydrogen-bond acceptors (Lipinski definition) is 1. The van der Waals surface area contributed by atoms with Crippen LogP contribution in [0.1, 0.15) is 33.6 Å². The summed E-state index contributed by atoms with van der Waals surface area (Å²) in [6.45, 7) is 3.34. The Balaban J connectivity index is 0.000001000. The van der Waals surface area contributed by atoms with Crippen LogP contribution in [0.15, 0.2) is 18.7 Å². The Labute approximate surface area is 69.3 Å². The molecule has 11 heavy (non-hydrogen) atoms. The monoisotopic (exact) mass is 154 g/mol. The van der Waals surface area contributed by atoms with Gasteiger partial charge in [-0.2, -0.15) is 0 Å². The van der Waals surface area contributed by atoms with E-state index in [4.69, 9.17) is 0 Å². The second kappa shape index (κ2) is 5.96. The lowest BCUT2D eigenvalue weighted by Gasteiger charge is -1.98. The molecular formula is C9H18N2. The van der Waals surface area contributed by atoms with Crippen molar-refractivity contribution in [2.75, 3.05) is 0 Å². The molecule has 0 saturated carbocycles. The van der Waals surface area contributed by atoms with E-state index in [1.54, 1.807) is 0 Å². The molecule has 2 heteroatoms. The third-order valence-electron chi connectivity index (χ3n) is 1.58. The standard InChI is InChI=1S/C8H14N2.CH4/c1-2-3-4-6-10-7-5-9-8-10;/h5,7-8H,2-4,6H2,1H3;1H4. The summed E-state index contributed by atoms with van der Waals surface area (Å²) in [4.78, 5) is 3.96. The highest BCUT2D eigenvalue weighted by atomic mass is 15.0. The zero-order valence-corrected chi connectivity index (χ0v) is 6.45. The van der Waals surface area contributed by atoms with Crippen LogP contribution in [0.2, 0.25) is 0 Å². The summed E-state index contributed by atoms with van der Waals surface area (Å²) in [5.41, 5.74) is 0. The molecule has 1 aromatic heterocycles. The van der Waals surface area contributed by atoms with Crippen LogP contribution in [0.5, 0.6) is 0 Å². The van der Waals surface area contributed by atoms with E-state index >= 15 is 0 Å². The van der Waals surface area contributed by atoms with Gasteiger partial charge in [0.05, 0.1) is 6.33 Å². The lowest BCUT2D eigenvalue weighted by atomic mass is 10.2. The molecule has 0 atom stereocenters. The lowest BCUT2D eigenvalue weighted by Crippen LogP contribution is -1.92. The van der Waals surface area contributed by atoms with E-state index in [0.29, 0.717) is 0 Å². The second-order valence-electron chi connectivity index (χ2n) is 2.51. The fourth-order valence-corrected chi connectivity index (χ4v) is 0.963. The Morgan fingerprint density at radius 1 is 1.36 bits per heavy atom. The predicted octanol–water partition coefficient (Wildman–Crippen LogP) is 2.71. The van der Waals surface area contributed by atoms with E-state index in [-0.39, 0.29) is 7.43 Å². The summed E-state index contributed by atoms with van der Waals surface area (Å²) in [5.74, 6) is 0. The summed E-state index contributed by atoms with van der Waals surface area (Å²) in [7, 11) is 0. The van der Waals surface area contributed by atoms with Crippen molar-refractivity contribution in [1.29, 1.82) is 0 Å². The van der Waals surface area contributed by atoms with Crippen LogP contribution in [-0.2, 0) is 6.54 Å². The van der Waals surface area contributed by atoms with E-state index in [1.165, 1.54) is 19.3 Å². The summed E-state index contributed by atoms with van der Waals surface area (Å²) in [6.07, 6.45) is 9.58. The molecule has 0 saturated heterocycles. The summed E-state index contributed by atoms with van der Waals surface area (Å²) >= 11 is 0. The van der Waals surface area contributed by atoms with Crippen LogP contribution in [0.3, 0.4) is 0 Å². The van der Waals surface area contributed by atoms with Crippen molar-refractivity contribution in [3.05, 3.63) is 18.7 Å². The first kappa shape index (κ1) is 10.2. The molecule has 0 aromatic carbocycles. The molecule has 0 spiro atoms. The third-order valence-corrected chi connectivity index (χ3v) is 1.58. The van der Waals surface area contributed by atoms with Gasteiger partial charge in [0.1, 0.15) is 0 Å². The average Bonchev–Trinajstić information content (AvgIpc) is 2.41. The Morgan fingerprint density at radius 2 is 2.18 bits per heavy atom. The van der Waals surface area contributed by atoms with Gasteiger partial charge in [-0.15, -0.1) is 0 Å². The molecule has 1 rings (SSSR count). The van der Waals surface area contributed by atoms with Crippen molar-refractivity contribution in [2.45, 2.75) is 40.2 Å². The molecule has 1 aromatic rings. The van der Waals surface area contributed by atoms with E-state index in [9.17, 15) is 0 Å². The van der Waals surface area contributed by atoms with Crippen LogP contribution < -0.4 is 0 Å². The van der Waals surface area contributed by atoms with Crippen LogP contribution >= 0.6 is 0 Å². The van der Waals surface area contributed by atoms with Crippen molar-refractivity contribution in [2.24, 2.45) is 0 Å². The second-order valence-corrected chi connectivity index (χ2v) is 2.51. The largest absolute Gasteiger partial charge is 0.337 e. The number of hydrogen-bond donors (Lipinski definition) is 0. The molecule has 0 aliphatic heterocycles. The lowest BCUT2D eigenvalue weighted by molar-refractivity contribution is 0.602. The molecule has 0 radical (unpaired) electrons. The maximum absolute atomic E-state index is 3.96. The Kier molecular flexibility index (Phi) is 5.53. The number of aromatic nitrogens is 2. The smallest absolute Gasteiger partial charge is 0.0945 e. The number of nitrogens with zero attached hydrogens (tertiary/aromatic N) is 2.